The number of amides is 1. The lowest BCUT2D eigenvalue weighted by molar-refractivity contribution is -0.125. The zero-order valence-corrected chi connectivity index (χ0v) is 10.3. The van der Waals surface area contributed by atoms with Crippen molar-refractivity contribution in [3.8, 4) is 0 Å². The van der Waals surface area contributed by atoms with Gasteiger partial charge in [0.25, 0.3) is 0 Å². The highest BCUT2D eigenvalue weighted by atomic mass is 16.1. The van der Waals surface area contributed by atoms with Gasteiger partial charge in [-0.15, -0.1) is 0 Å². The van der Waals surface area contributed by atoms with Crippen molar-refractivity contribution in [1.82, 2.24) is 25.1 Å². The van der Waals surface area contributed by atoms with Crippen LogP contribution in [0.3, 0.4) is 0 Å². The Morgan fingerprint density at radius 2 is 2.22 bits per heavy atom. The highest BCUT2D eigenvalue weighted by Crippen LogP contribution is 2.28. The average Bonchev–Trinajstić information content (AvgIpc) is 2.70. The molecular weight excluding hydrogens is 232 g/mol. The number of carbonyl (C=O) groups is 1. The molecule has 3 rings (SSSR count). The molecule has 7 nitrogen and oxygen atoms in total. The molecule has 1 aliphatic rings. The van der Waals surface area contributed by atoms with Crippen LogP contribution in [-0.2, 0) is 11.8 Å². The largest absolute Gasteiger partial charge is 0.359 e. The van der Waals surface area contributed by atoms with Crippen LogP contribution >= 0.6 is 0 Å². The highest BCUT2D eigenvalue weighted by molar-refractivity contribution is 5.89. The molecule has 1 saturated heterocycles. The number of aryl methyl sites for hydroxylation is 1. The summed E-state index contributed by atoms with van der Waals surface area (Å²) in [6.07, 6.45) is 3.30. The van der Waals surface area contributed by atoms with Gasteiger partial charge >= 0.3 is 0 Å². The summed E-state index contributed by atoms with van der Waals surface area (Å²) in [5.41, 5.74) is 0.809. The Morgan fingerprint density at radius 1 is 1.44 bits per heavy atom. The second-order valence-corrected chi connectivity index (χ2v) is 4.42. The Kier molecular flexibility index (Phi) is 2.39. The maximum absolute atomic E-state index is 11.5. The van der Waals surface area contributed by atoms with Crippen LogP contribution in [0.25, 0.3) is 11.0 Å². The molecule has 1 amide bonds. The fourth-order valence-corrected chi connectivity index (χ4v) is 2.22. The molecule has 3 heterocycles. The normalized spacial score (nSPS) is 15.8. The highest BCUT2D eigenvalue weighted by Gasteiger charge is 2.33. The fraction of sp³-hybridized carbons (Fsp3) is 0.455. The van der Waals surface area contributed by atoms with E-state index >= 15 is 0 Å². The molecule has 18 heavy (non-hydrogen) atoms. The predicted molar refractivity (Wildman–Crippen MR) is 66.1 cm³/mol. The minimum atomic E-state index is 0.0525. The first-order valence-electron chi connectivity index (χ1n) is 5.80. The molecule has 0 aliphatic carbocycles. The van der Waals surface area contributed by atoms with Crippen molar-refractivity contribution in [3.63, 3.8) is 0 Å². The summed E-state index contributed by atoms with van der Waals surface area (Å²) in [6.45, 7) is 1.39. The van der Waals surface area contributed by atoms with Crippen LogP contribution < -0.4 is 10.2 Å². The van der Waals surface area contributed by atoms with E-state index in [1.807, 2.05) is 7.05 Å². The van der Waals surface area contributed by atoms with Crippen molar-refractivity contribution < 1.29 is 4.79 Å². The molecule has 2 aromatic rings. The number of aromatic nitrogens is 4. The summed E-state index contributed by atoms with van der Waals surface area (Å²) < 4.78 is 1.72. The fourth-order valence-electron chi connectivity index (χ4n) is 2.22. The van der Waals surface area contributed by atoms with Gasteiger partial charge in [0, 0.05) is 27.2 Å². The topological polar surface area (TPSA) is 75.9 Å². The van der Waals surface area contributed by atoms with Crippen molar-refractivity contribution in [2.24, 2.45) is 13.0 Å². The molecule has 1 N–H and O–H groups in total. The first kappa shape index (κ1) is 10.9. The molecular formula is C11H14N6O. The lowest BCUT2D eigenvalue weighted by atomic mass is 9.99. The molecule has 0 aromatic carbocycles. The minimum Gasteiger partial charge on any atom is -0.359 e. The third kappa shape index (κ3) is 1.51. The van der Waals surface area contributed by atoms with Gasteiger partial charge in [0.2, 0.25) is 5.91 Å². The predicted octanol–water partition coefficient (Wildman–Crippen LogP) is -0.455. The number of nitrogens with zero attached hydrogens (tertiary/aromatic N) is 5. The number of hydrogen-bond donors (Lipinski definition) is 1. The van der Waals surface area contributed by atoms with Crippen LogP contribution in [0.2, 0.25) is 0 Å². The molecule has 94 valence electrons. The van der Waals surface area contributed by atoms with Gasteiger partial charge < -0.3 is 10.2 Å². The third-order valence-corrected chi connectivity index (χ3v) is 3.31. The van der Waals surface area contributed by atoms with Crippen molar-refractivity contribution in [1.29, 1.82) is 0 Å². The second-order valence-electron chi connectivity index (χ2n) is 4.42. The van der Waals surface area contributed by atoms with Gasteiger partial charge in [0.15, 0.2) is 5.65 Å². The molecule has 1 aliphatic heterocycles. The first-order chi connectivity index (χ1) is 8.70. The summed E-state index contributed by atoms with van der Waals surface area (Å²) in [4.78, 5) is 22.0. The van der Waals surface area contributed by atoms with Gasteiger partial charge in [0.1, 0.15) is 12.1 Å². The van der Waals surface area contributed by atoms with E-state index < -0.39 is 0 Å². The van der Waals surface area contributed by atoms with Crippen molar-refractivity contribution in [3.05, 3.63) is 12.5 Å². The standard InChI is InChI=1S/C11H14N6O/c1-12-11(18)7-4-17(5-7)10-8-3-15-16(2)9(8)13-6-14-10/h3,6-7H,4-5H2,1-2H3,(H,12,18). The summed E-state index contributed by atoms with van der Waals surface area (Å²) in [7, 11) is 3.51. The zero-order valence-electron chi connectivity index (χ0n) is 10.3. The van der Waals surface area contributed by atoms with Crippen LogP contribution in [0.4, 0.5) is 5.82 Å². The first-order valence-corrected chi connectivity index (χ1v) is 5.80. The lowest BCUT2D eigenvalue weighted by Gasteiger charge is -2.38. The molecule has 0 unspecified atom stereocenters. The van der Waals surface area contributed by atoms with Gasteiger partial charge in [-0.1, -0.05) is 0 Å². The third-order valence-electron chi connectivity index (χ3n) is 3.31. The monoisotopic (exact) mass is 246 g/mol. The van der Waals surface area contributed by atoms with Crippen LogP contribution in [0.15, 0.2) is 12.5 Å². The number of fused-ring (bicyclic) bond motifs is 1. The van der Waals surface area contributed by atoms with E-state index in [2.05, 4.69) is 25.3 Å². The number of rotatable bonds is 2. The van der Waals surface area contributed by atoms with Gasteiger partial charge in [-0.2, -0.15) is 5.10 Å². The summed E-state index contributed by atoms with van der Waals surface area (Å²) in [5, 5.41) is 7.77. The van der Waals surface area contributed by atoms with Gasteiger partial charge in [-0.05, 0) is 0 Å². The van der Waals surface area contributed by atoms with E-state index in [0.29, 0.717) is 13.1 Å². The Labute approximate surface area is 104 Å². The molecule has 0 spiro atoms. The lowest BCUT2D eigenvalue weighted by Crippen LogP contribution is -2.53. The van der Waals surface area contributed by atoms with E-state index in [9.17, 15) is 4.79 Å². The van der Waals surface area contributed by atoms with Crippen molar-refractivity contribution in [2.75, 3.05) is 25.0 Å². The molecule has 0 radical (unpaired) electrons. The molecule has 7 heteroatoms. The smallest absolute Gasteiger partial charge is 0.226 e. The van der Waals surface area contributed by atoms with E-state index in [0.717, 1.165) is 16.9 Å². The van der Waals surface area contributed by atoms with Gasteiger partial charge in [-0.3, -0.25) is 9.48 Å². The quantitative estimate of drug-likeness (QED) is 0.776. The van der Waals surface area contributed by atoms with Crippen molar-refractivity contribution >= 4 is 22.8 Å². The van der Waals surface area contributed by atoms with E-state index in [1.165, 1.54) is 6.33 Å². The molecule has 0 bridgehead atoms. The number of hydrogen-bond acceptors (Lipinski definition) is 5. The summed E-state index contributed by atoms with van der Waals surface area (Å²) in [5.74, 6) is 0.993. The SMILES string of the molecule is CNC(=O)C1CN(c2ncnc3c2cnn3C)C1. The van der Waals surface area contributed by atoms with Crippen LogP contribution in [-0.4, -0.2) is 45.8 Å². The Hall–Kier alpha value is -2.18. The number of nitrogens with one attached hydrogen (secondary N) is 1. The van der Waals surface area contributed by atoms with E-state index in [1.54, 1.807) is 17.9 Å². The Balaban J connectivity index is 1.87. The van der Waals surface area contributed by atoms with Gasteiger partial charge in [0.05, 0.1) is 17.5 Å². The minimum absolute atomic E-state index is 0.0525. The molecule has 0 atom stereocenters. The van der Waals surface area contributed by atoms with Gasteiger partial charge in [-0.25, -0.2) is 9.97 Å². The zero-order chi connectivity index (χ0) is 12.7. The second kappa shape index (κ2) is 3.94. The Morgan fingerprint density at radius 3 is 2.94 bits per heavy atom. The van der Waals surface area contributed by atoms with E-state index in [-0.39, 0.29) is 11.8 Å². The van der Waals surface area contributed by atoms with Crippen molar-refractivity contribution in [2.45, 2.75) is 0 Å². The maximum Gasteiger partial charge on any atom is 0.226 e. The Bertz CT molecular complexity index is 601. The number of anilines is 1. The number of carbonyl (C=O) groups excluding carboxylic acids is 1. The molecule has 0 saturated carbocycles. The van der Waals surface area contributed by atoms with Crippen LogP contribution in [0.5, 0.6) is 0 Å². The van der Waals surface area contributed by atoms with Crippen LogP contribution in [0, 0.1) is 5.92 Å². The van der Waals surface area contributed by atoms with Crippen LogP contribution in [0.1, 0.15) is 0 Å². The maximum atomic E-state index is 11.5. The van der Waals surface area contributed by atoms with E-state index in [4.69, 9.17) is 0 Å². The summed E-state index contributed by atoms with van der Waals surface area (Å²) in [6, 6.07) is 0. The summed E-state index contributed by atoms with van der Waals surface area (Å²) >= 11 is 0. The molecule has 2 aromatic heterocycles. The molecule has 1 fully saturated rings. The average molecular weight is 246 g/mol.